The molecule has 3 heterocycles. The van der Waals surface area contributed by atoms with Gasteiger partial charge in [0.1, 0.15) is 11.6 Å². The molecule has 1 unspecified atom stereocenters. The van der Waals surface area contributed by atoms with E-state index < -0.39 is 0 Å². The van der Waals surface area contributed by atoms with Gasteiger partial charge in [-0.3, -0.25) is 0 Å². The van der Waals surface area contributed by atoms with Crippen LogP contribution in [0.1, 0.15) is 24.4 Å². The highest BCUT2D eigenvalue weighted by atomic mass is 35.5. The number of hydrogen-bond acceptors (Lipinski definition) is 4. The summed E-state index contributed by atoms with van der Waals surface area (Å²) in [6.45, 7) is 0.842. The smallest absolute Gasteiger partial charge is 0.180 e. The number of rotatable bonds is 2. The Kier molecular flexibility index (Phi) is 3.34. The molecule has 5 nitrogen and oxygen atoms in total. The molecule has 118 valence electrons. The minimum absolute atomic E-state index is 0.0114. The van der Waals surface area contributed by atoms with Crippen LogP contribution >= 0.6 is 11.6 Å². The quantitative estimate of drug-likeness (QED) is 0.781. The number of aromatic nitrogens is 3. The fourth-order valence-electron chi connectivity index (χ4n) is 3.17. The molecule has 0 radical (unpaired) electrons. The zero-order chi connectivity index (χ0) is 16.0. The summed E-state index contributed by atoms with van der Waals surface area (Å²) in [5.41, 5.74) is 7.85. The Morgan fingerprint density at radius 1 is 1.30 bits per heavy atom. The zero-order valence-electron chi connectivity index (χ0n) is 12.3. The number of benzene rings is 1. The van der Waals surface area contributed by atoms with E-state index >= 15 is 0 Å². The number of nitrogens with two attached hydrogens (primary N) is 1. The molecule has 1 aliphatic rings. The lowest BCUT2D eigenvalue weighted by Crippen LogP contribution is -2.24. The van der Waals surface area contributed by atoms with E-state index in [0.717, 1.165) is 30.8 Å². The van der Waals surface area contributed by atoms with Crippen LogP contribution in [0.5, 0.6) is 0 Å². The largest absolute Gasteiger partial charge is 0.394 e. The van der Waals surface area contributed by atoms with E-state index in [4.69, 9.17) is 17.3 Å². The van der Waals surface area contributed by atoms with Crippen molar-refractivity contribution < 1.29 is 4.39 Å². The summed E-state index contributed by atoms with van der Waals surface area (Å²) in [5, 5.41) is 4.71. The van der Waals surface area contributed by atoms with Crippen LogP contribution in [0.2, 0.25) is 5.02 Å². The first-order valence-electron chi connectivity index (χ1n) is 7.45. The van der Waals surface area contributed by atoms with Crippen molar-refractivity contribution in [1.82, 2.24) is 14.6 Å². The summed E-state index contributed by atoms with van der Waals surface area (Å²) in [5.74, 6) is 0.521. The second-order valence-electron chi connectivity index (χ2n) is 5.67. The number of nitrogen functional groups attached to an aromatic ring is 1. The highest BCUT2D eigenvalue weighted by Crippen LogP contribution is 2.38. The Labute approximate surface area is 137 Å². The summed E-state index contributed by atoms with van der Waals surface area (Å²) in [6, 6.07) is 6.40. The Bertz CT molecular complexity index is 878. The lowest BCUT2D eigenvalue weighted by Gasteiger charge is -2.26. The van der Waals surface area contributed by atoms with E-state index in [9.17, 15) is 4.39 Å². The Hall–Kier alpha value is -2.34. The van der Waals surface area contributed by atoms with Crippen LogP contribution in [-0.2, 0) is 0 Å². The standard InChI is InChI=1S/C16H15ClFN5/c17-12-4-3-10(18)8-11(12)14-2-1-6-22(14)15-5-7-23-16(21-15)13(19)9-20-23/h3-5,7-9,14H,1-2,6,19H2. The van der Waals surface area contributed by atoms with Gasteiger partial charge in [0.25, 0.3) is 0 Å². The monoisotopic (exact) mass is 331 g/mol. The molecule has 4 rings (SSSR count). The van der Waals surface area contributed by atoms with Crippen LogP contribution in [0.3, 0.4) is 0 Å². The highest BCUT2D eigenvalue weighted by Gasteiger charge is 2.29. The molecular weight excluding hydrogens is 317 g/mol. The van der Waals surface area contributed by atoms with Crippen LogP contribution in [0.25, 0.3) is 5.65 Å². The number of nitrogens with zero attached hydrogens (tertiary/aromatic N) is 4. The Balaban J connectivity index is 1.76. The maximum absolute atomic E-state index is 13.6. The van der Waals surface area contributed by atoms with Gasteiger partial charge in [-0.25, -0.2) is 13.9 Å². The number of anilines is 2. The van der Waals surface area contributed by atoms with Gasteiger partial charge < -0.3 is 10.6 Å². The fourth-order valence-corrected chi connectivity index (χ4v) is 3.41. The van der Waals surface area contributed by atoms with Crippen molar-refractivity contribution in [3.05, 3.63) is 53.1 Å². The first-order valence-corrected chi connectivity index (χ1v) is 7.83. The third-order valence-electron chi connectivity index (χ3n) is 4.25. The molecule has 0 spiro atoms. The maximum atomic E-state index is 13.6. The molecule has 0 bridgehead atoms. The third kappa shape index (κ3) is 2.39. The van der Waals surface area contributed by atoms with Gasteiger partial charge in [-0.1, -0.05) is 11.6 Å². The van der Waals surface area contributed by atoms with Crippen molar-refractivity contribution in [3.8, 4) is 0 Å². The lowest BCUT2D eigenvalue weighted by atomic mass is 10.0. The Morgan fingerprint density at radius 2 is 2.17 bits per heavy atom. The molecule has 1 aliphatic heterocycles. The first kappa shape index (κ1) is 14.3. The van der Waals surface area contributed by atoms with E-state index in [0.29, 0.717) is 16.4 Å². The average Bonchev–Trinajstić information content (AvgIpc) is 3.17. The molecule has 1 aromatic carbocycles. The topological polar surface area (TPSA) is 59.4 Å². The molecule has 7 heteroatoms. The molecule has 1 fully saturated rings. The number of fused-ring (bicyclic) bond motifs is 1. The van der Waals surface area contributed by atoms with E-state index in [1.807, 2.05) is 12.3 Å². The van der Waals surface area contributed by atoms with Gasteiger partial charge in [0.2, 0.25) is 0 Å². The maximum Gasteiger partial charge on any atom is 0.180 e. The van der Waals surface area contributed by atoms with Crippen LogP contribution in [0, 0.1) is 5.82 Å². The summed E-state index contributed by atoms with van der Waals surface area (Å²) >= 11 is 6.28. The van der Waals surface area contributed by atoms with Gasteiger partial charge in [0, 0.05) is 17.8 Å². The van der Waals surface area contributed by atoms with Crippen molar-refractivity contribution in [3.63, 3.8) is 0 Å². The van der Waals surface area contributed by atoms with Crippen molar-refractivity contribution in [2.75, 3.05) is 17.2 Å². The molecule has 1 saturated heterocycles. The van der Waals surface area contributed by atoms with Crippen molar-refractivity contribution in [1.29, 1.82) is 0 Å². The summed E-state index contributed by atoms with van der Waals surface area (Å²) < 4.78 is 15.3. The molecule has 2 aromatic heterocycles. The lowest BCUT2D eigenvalue weighted by molar-refractivity contribution is 0.618. The molecule has 0 saturated carbocycles. The van der Waals surface area contributed by atoms with Crippen LogP contribution in [0.15, 0.2) is 36.7 Å². The van der Waals surface area contributed by atoms with Crippen LogP contribution in [0.4, 0.5) is 15.9 Å². The van der Waals surface area contributed by atoms with Crippen molar-refractivity contribution >= 4 is 28.8 Å². The third-order valence-corrected chi connectivity index (χ3v) is 4.59. The molecule has 0 aliphatic carbocycles. The van der Waals surface area contributed by atoms with Gasteiger partial charge >= 0.3 is 0 Å². The van der Waals surface area contributed by atoms with Gasteiger partial charge in [0.15, 0.2) is 5.65 Å². The number of hydrogen-bond donors (Lipinski definition) is 1. The van der Waals surface area contributed by atoms with E-state index in [1.54, 1.807) is 16.8 Å². The second kappa shape index (κ2) is 5.38. The predicted molar refractivity (Wildman–Crippen MR) is 88.1 cm³/mol. The van der Waals surface area contributed by atoms with Crippen LogP contribution in [-0.4, -0.2) is 21.1 Å². The molecular formula is C16H15ClFN5. The van der Waals surface area contributed by atoms with E-state index in [2.05, 4.69) is 15.0 Å². The Morgan fingerprint density at radius 3 is 3.04 bits per heavy atom. The second-order valence-corrected chi connectivity index (χ2v) is 6.08. The number of halogens is 2. The minimum atomic E-state index is -0.278. The van der Waals surface area contributed by atoms with Crippen LogP contribution < -0.4 is 10.6 Å². The molecule has 1 atom stereocenters. The van der Waals surface area contributed by atoms with E-state index in [1.165, 1.54) is 12.1 Å². The molecule has 0 amide bonds. The predicted octanol–water partition coefficient (Wildman–Crippen LogP) is 3.45. The summed E-state index contributed by atoms with van der Waals surface area (Å²) in [7, 11) is 0. The normalized spacial score (nSPS) is 18.0. The molecule has 3 aromatic rings. The van der Waals surface area contributed by atoms with Crippen molar-refractivity contribution in [2.45, 2.75) is 18.9 Å². The minimum Gasteiger partial charge on any atom is -0.394 e. The van der Waals surface area contributed by atoms with Crippen molar-refractivity contribution in [2.24, 2.45) is 0 Å². The van der Waals surface area contributed by atoms with E-state index in [-0.39, 0.29) is 11.9 Å². The zero-order valence-corrected chi connectivity index (χ0v) is 13.0. The summed E-state index contributed by atoms with van der Waals surface area (Å²) in [6.07, 6.45) is 5.32. The highest BCUT2D eigenvalue weighted by molar-refractivity contribution is 6.31. The first-order chi connectivity index (χ1) is 11.1. The van der Waals surface area contributed by atoms with Gasteiger partial charge in [-0.15, -0.1) is 0 Å². The molecule has 23 heavy (non-hydrogen) atoms. The molecule has 2 N–H and O–H groups in total. The average molecular weight is 332 g/mol. The van der Waals surface area contributed by atoms with Gasteiger partial charge in [-0.05, 0) is 42.7 Å². The van der Waals surface area contributed by atoms with Gasteiger partial charge in [0.05, 0.1) is 17.9 Å². The fraction of sp³-hybridized carbons (Fsp3) is 0.250. The van der Waals surface area contributed by atoms with Gasteiger partial charge in [-0.2, -0.15) is 5.10 Å². The SMILES string of the molecule is Nc1cnn2ccc(N3CCCC3c3cc(F)ccc3Cl)nc12. The summed E-state index contributed by atoms with van der Waals surface area (Å²) in [4.78, 5) is 6.76.